The SMILES string of the molecule is CC[C@H](CCc1c(F)cccc1NC(=O)C[C@@H](c1ccc(Cl)cc1)C1CCS(=O)(=O)CC1)N(CCN)S(=O)(=O)c1ccccc1. The highest BCUT2D eigenvalue weighted by atomic mass is 35.5. The Morgan fingerprint density at radius 3 is 2.33 bits per heavy atom. The van der Waals surface area contributed by atoms with Gasteiger partial charge in [0.15, 0.2) is 0 Å². The number of amides is 1. The van der Waals surface area contributed by atoms with Gasteiger partial charge in [-0.2, -0.15) is 4.31 Å². The first-order chi connectivity index (χ1) is 21.4. The van der Waals surface area contributed by atoms with Crippen LogP contribution in [0.2, 0.25) is 5.02 Å². The number of carbonyl (C=O) groups excluding carboxylic acids is 1. The topological polar surface area (TPSA) is 127 Å². The van der Waals surface area contributed by atoms with Crippen LogP contribution in [0.25, 0.3) is 0 Å². The van der Waals surface area contributed by atoms with Crippen LogP contribution in [0.3, 0.4) is 0 Å². The molecule has 0 aliphatic carbocycles. The van der Waals surface area contributed by atoms with E-state index in [1.807, 2.05) is 19.1 Å². The molecule has 1 amide bonds. The third-order valence-electron chi connectivity index (χ3n) is 8.57. The Morgan fingerprint density at radius 1 is 1.04 bits per heavy atom. The summed E-state index contributed by atoms with van der Waals surface area (Å²) in [7, 11) is -6.92. The van der Waals surface area contributed by atoms with E-state index in [0.717, 1.165) is 5.56 Å². The summed E-state index contributed by atoms with van der Waals surface area (Å²) in [5.74, 6) is -0.913. The van der Waals surface area contributed by atoms with Crippen molar-refractivity contribution in [3.63, 3.8) is 0 Å². The predicted molar refractivity (Wildman–Crippen MR) is 177 cm³/mol. The number of anilines is 1. The number of rotatable bonds is 14. The van der Waals surface area contributed by atoms with E-state index in [9.17, 15) is 21.6 Å². The molecule has 2 atom stereocenters. The Bertz CT molecular complexity index is 1640. The summed E-state index contributed by atoms with van der Waals surface area (Å²) in [5, 5.41) is 3.46. The van der Waals surface area contributed by atoms with Gasteiger partial charge in [0.25, 0.3) is 0 Å². The van der Waals surface area contributed by atoms with Crippen molar-refractivity contribution in [2.75, 3.05) is 29.9 Å². The first-order valence-corrected chi connectivity index (χ1v) is 18.9. The second-order valence-corrected chi connectivity index (χ2v) is 16.1. The van der Waals surface area contributed by atoms with E-state index in [0.29, 0.717) is 42.0 Å². The molecule has 244 valence electrons. The Morgan fingerprint density at radius 2 is 1.71 bits per heavy atom. The summed E-state index contributed by atoms with van der Waals surface area (Å²) >= 11 is 6.10. The molecule has 4 rings (SSSR count). The number of halogens is 2. The lowest BCUT2D eigenvalue weighted by molar-refractivity contribution is -0.116. The standard InChI is InChI=1S/C33H41ClFN3O5S2/c1-2-27(38(20-19-36)45(42,43)28-7-4-3-5-8-28)15-16-29-31(35)9-6-10-32(29)37-33(39)23-30(24-11-13-26(34)14-12-24)25-17-21-44(40,41)22-18-25/h3-14,25,27,30H,2,15-23,36H2,1H3,(H,37,39)/t27-,30+/m1/s1. The molecule has 1 aliphatic heterocycles. The highest BCUT2D eigenvalue weighted by molar-refractivity contribution is 7.91. The van der Waals surface area contributed by atoms with Crippen LogP contribution in [0.1, 0.15) is 56.1 Å². The molecule has 1 fully saturated rings. The Hall–Kier alpha value is -2.83. The summed E-state index contributed by atoms with van der Waals surface area (Å²) in [4.78, 5) is 13.7. The maximum atomic E-state index is 15.3. The molecule has 1 saturated heterocycles. The zero-order valence-corrected chi connectivity index (χ0v) is 27.8. The molecule has 0 bridgehead atoms. The molecule has 0 aromatic heterocycles. The molecule has 0 saturated carbocycles. The molecular weight excluding hydrogens is 637 g/mol. The second kappa shape index (κ2) is 15.6. The van der Waals surface area contributed by atoms with Crippen LogP contribution in [-0.4, -0.2) is 57.7 Å². The number of nitrogens with zero attached hydrogens (tertiary/aromatic N) is 1. The number of hydrogen-bond donors (Lipinski definition) is 2. The minimum Gasteiger partial charge on any atom is -0.329 e. The molecule has 0 radical (unpaired) electrons. The van der Waals surface area contributed by atoms with Gasteiger partial charge in [0.05, 0.1) is 16.4 Å². The van der Waals surface area contributed by atoms with E-state index in [4.69, 9.17) is 17.3 Å². The van der Waals surface area contributed by atoms with Gasteiger partial charge in [-0.3, -0.25) is 4.79 Å². The summed E-state index contributed by atoms with van der Waals surface area (Å²) in [6.45, 7) is 2.13. The first-order valence-electron chi connectivity index (χ1n) is 15.2. The Balaban J connectivity index is 1.52. The normalized spacial score (nSPS) is 16.7. The lowest BCUT2D eigenvalue weighted by Gasteiger charge is -2.31. The molecule has 12 heteroatoms. The molecule has 45 heavy (non-hydrogen) atoms. The van der Waals surface area contributed by atoms with Crippen LogP contribution in [-0.2, 0) is 31.1 Å². The minimum absolute atomic E-state index is 0.0159. The molecule has 0 unspecified atom stereocenters. The maximum Gasteiger partial charge on any atom is 0.243 e. The van der Waals surface area contributed by atoms with Gasteiger partial charge in [0.2, 0.25) is 15.9 Å². The molecule has 0 spiro atoms. The first kappa shape index (κ1) is 35.0. The number of sulfone groups is 1. The molecule has 3 aromatic rings. The van der Waals surface area contributed by atoms with Crippen molar-refractivity contribution < 1.29 is 26.0 Å². The van der Waals surface area contributed by atoms with Gasteiger partial charge >= 0.3 is 0 Å². The zero-order chi connectivity index (χ0) is 32.6. The summed E-state index contributed by atoms with van der Waals surface area (Å²) in [5.41, 5.74) is 7.32. The van der Waals surface area contributed by atoms with Gasteiger partial charge in [-0.25, -0.2) is 21.2 Å². The number of hydrogen-bond acceptors (Lipinski definition) is 6. The van der Waals surface area contributed by atoms with Crippen molar-refractivity contribution in [2.24, 2.45) is 11.7 Å². The molecular formula is C33H41ClFN3O5S2. The van der Waals surface area contributed by atoms with Crippen molar-refractivity contribution in [1.29, 1.82) is 0 Å². The fourth-order valence-corrected chi connectivity index (χ4v) is 9.54. The van der Waals surface area contributed by atoms with Crippen LogP contribution in [0, 0.1) is 11.7 Å². The number of nitrogens with two attached hydrogens (primary N) is 1. The molecule has 8 nitrogen and oxygen atoms in total. The van der Waals surface area contributed by atoms with E-state index in [-0.39, 0.29) is 60.1 Å². The highest BCUT2D eigenvalue weighted by Crippen LogP contribution is 2.37. The third kappa shape index (κ3) is 9.13. The van der Waals surface area contributed by atoms with E-state index >= 15 is 4.39 Å². The van der Waals surface area contributed by atoms with E-state index in [2.05, 4.69) is 5.32 Å². The number of sulfonamides is 1. The zero-order valence-electron chi connectivity index (χ0n) is 25.4. The molecule has 3 N–H and O–H groups in total. The van der Waals surface area contributed by atoms with Crippen molar-refractivity contribution in [1.82, 2.24) is 4.31 Å². The lowest BCUT2D eigenvalue weighted by Crippen LogP contribution is -2.43. The van der Waals surface area contributed by atoms with Crippen molar-refractivity contribution >= 4 is 43.1 Å². The van der Waals surface area contributed by atoms with Crippen LogP contribution in [0.5, 0.6) is 0 Å². The van der Waals surface area contributed by atoms with Gasteiger partial charge in [0, 0.05) is 41.8 Å². The Labute approximate surface area is 271 Å². The second-order valence-electron chi connectivity index (χ2n) is 11.5. The summed E-state index contributed by atoms with van der Waals surface area (Å²) in [6.07, 6.45) is 1.99. The van der Waals surface area contributed by atoms with Gasteiger partial charge in [-0.1, -0.05) is 54.9 Å². The predicted octanol–water partition coefficient (Wildman–Crippen LogP) is 5.78. The lowest BCUT2D eigenvalue weighted by atomic mass is 9.80. The third-order valence-corrected chi connectivity index (χ3v) is 12.5. The van der Waals surface area contributed by atoms with Crippen LogP contribution in [0.4, 0.5) is 10.1 Å². The average Bonchev–Trinajstić information content (AvgIpc) is 3.01. The fraction of sp³-hybridized carbons (Fsp3) is 0.424. The Kier molecular flexibility index (Phi) is 12.2. The maximum absolute atomic E-state index is 15.3. The fourth-order valence-electron chi connectivity index (χ4n) is 6.12. The van der Waals surface area contributed by atoms with E-state index in [1.165, 1.54) is 16.4 Å². The highest BCUT2D eigenvalue weighted by Gasteiger charge is 2.33. The molecule has 1 aliphatic rings. The number of carbonyl (C=O) groups is 1. The smallest absolute Gasteiger partial charge is 0.243 e. The van der Waals surface area contributed by atoms with Gasteiger partial charge < -0.3 is 11.1 Å². The summed E-state index contributed by atoms with van der Waals surface area (Å²) < 4.78 is 67.9. The van der Waals surface area contributed by atoms with Crippen LogP contribution < -0.4 is 11.1 Å². The molecule has 3 aromatic carbocycles. The van der Waals surface area contributed by atoms with Crippen molar-refractivity contribution in [3.8, 4) is 0 Å². The molecule has 1 heterocycles. The van der Waals surface area contributed by atoms with Gasteiger partial charge in [0.1, 0.15) is 15.7 Å². The minimum atomic E-state index is -3.83. The van der Waals surface area contributed by atoms with Gasteiger partial charge in [-0.05, 0) is 85.9 Å². The van der Waals surface area contributed by atoms with Crippen molar-refractivity contribution in [2.45, 2.75) is 62.3 Å². The van der Waals surface area contributed by atoms with Gasteiger partial charge in [-0.15, -0.1) is 0 Å². The average molecular weight is 678 g/mol. The van der Waals surface area contributed by atoms with Crippen LogP contribution >= 0.6 is 11.6 Å². The van der Waals surface area contributed by atoms with E-state index < -0.39 is 31.7 Å². The van der Waals surface area contributed by atoms with Crippen molar-refractivity contribution in [3.05, 3.63) is 94.8 Å². The number of nitrogens with one attached hydrogen (secondary N) is 1. The number of benzene rings is 3. The summed E-state index contributed by atoms with van der Waals surface area (Å²) in [6, 6.07) is 19.4. The van der Waals surface area contributed by atoms with E-state index in [1.54, 1.807) is 48.5 Å². The largest absolute Gasteiger partial charge is 0.329 e. The monoisotopic (exact) mass is 677 g/mol. The quantitative estimate of drug-likeness (QED) is 0.223. The van der Waals surface area contributed by atoms with Crippen LogP contribution in [0.15, 0.2) is 77.7 Å².